The standard InChI is InChI=1S/C38H34Cl2O2Si.C36H30Cl2O2Si.C34H26Cl2O2Si.C2H6O2Si/c1-5-25-23-35-31(27-15-19-29(39)20-16-27)11-7-9-13-33(35)37(25)43(41-3,42-4)38-26(6-2)24-36-32(12-8-10-14-34(36)38)28-17-21-30(40)22-18-28;1-23-21-33-29(25-13-17-27(37)18-14-25)9-5-7-11-31(33)35(23)41(39-3,40-4)36-24(2)22-34-30(10-6-8-12-32(34)36)26-15-19-28(38)20-16-26;1-37-39(38-2,33-21-19-29-27(7-3-5-9-31(29)33)23-11-15-25(35)16-12-23)34-22-20-30-28(8-4-6-10-32(30)34)24-13-17-26(36)18-14-24;1-3-5-4-2/h7-24H,5-6H2,1-4H3;5-22H,1-4H3;3-22H,1-2H3;1-2H3. The highest BCUT2D eigenvalue weighted by Crippen LogP contribution is 2.45. The van der Waals surface area contributed by atoms with Crippen molar-refractivity contribution in [2.24, 2.45) is 0 Å². The first kappa shape index (κ1) is 92.5. The van der Waals surface area contributed by atoms with E-state index in [1.54, 1.807) is 42.7 Å². The van der Waals surface area contributed by atoms with Crippen molar-refractivity contribution in [3.63, 3.8) is 0 Å². The van der Waals surface area contributed by atoms with Crippen molar-refractivity contribution in [1.82, 2.24) is 0 Å². The second-order valence-corrected chi connectivity index (χ2v) is 43.9. The zero-order valence-corrected chi connectivity index (χ0v) is 81.8. The molecular formula is C110H96Cl6O8Si4. The molecule has 0 aliphatic heterocycles. The summed E-state index contributed by atoms with van der Waals surface area (Å²) < 4.78 is 48.6. The molecular weight excluding hydrogens is 1770 g/mol. The number of fused-ring (bicyclic) bond motifs is 6. The lowest BCUT2D eigenvalue weighted by atomic mass is 10.0. The minimum absolute atomic E-state index is 0.198. The summed E-state index contributed by atoms with van der Waals surface area (Å²) in [5, 5.41) is 11.1. The Hall–Kier alpha value is -10.2. The molecule has 8 nitrogen and oxygen atoms in total. The molecule has 0 saturated carbocycles. The Kier molecular flexibility index (Phi) is 29.8. The molecule has 12 aliphatic carbocycles. The van der Waals surface area contributed by atoms with Crippen LogP contribution in [0.3, 0.4) is 0 Å². The minimum Gasteiger partial charge on any atom is -0.396 e. The van der Waals surface area contributed by atoms with Gasteiger partial charge >= 0.3 is 35.7 Å². The van der Waals surface area contributed by atoms with E-state index in [2.05, 4.69) is 303 Å². The van der Waals surface area contributed by atoms with Crippen LogP contribution in [0.1, 0.15) is 36.1 Å². The van der Waals surface area contributed by atoms with Crippen molar-refractivity contribution >= 4 is 136 Å². The number of hydrogen-bond donors (Lipinski definition) is 0. The van der Waals surface area contributed by atoms with Crippen LogP contribution in [-0.2, 0) is 48.2 Å². The monoisotopic (exact) mass is 1870 g/mol. The van der Waals surface area contributed by atoms with Gasteiger partial charge in [0.1, 0.15) is 0 Å². The summed E-state index contributed by atoms with van der Waals surface area (Å²) in [5.41, 5.74) is 32.2. The van der Waals surface area contributed by atoms with Crippen LogP contribution in [0.25, 0.3) is 134 Å². The van der Waals surface area contributed by atoms with Crippen LogP contribution in [0.15, 0.2) is 340 Å². The zero-order valence-electron chi connectivity index (χ0n) is 73.3. The van der Waals surface area contributed by atoms with Gasteiger partial charge in [-0.15, -0.1) is 0 Å². The number of hydrogen-bond acceptors (Lipinski definition) is 8. The fourth-order valence-electron chi connectivity index (χ4n) is 18.5. The maximum absolute atomic E-state index is 6.74. The van der Waals surface area contributed by atoms with Gasteiger partial charge in [-0.05, 0) is 255 Å². The molecule has 6 aromatic carbocycles. The predicted octanol–water partition coefficient (Wildman–Crippen LogP) is 26.7. The third kappa shape index (κ3) is 18.2. The Morgan fingerprint density at radius 3 is 0.633 bits per heavy atom. The first-order valence-corrected chi connectivity index (χ1v) is 50.7. The van der Waals surface area contributed by atoms with Gasteiger partial charge in [-0.2, -0.15) is 0 Å². The van der Waals surface area contributed by atoms with Gasteiger partial charge in [-0.3, -0.25) is 0 Å². The summed E-state index contributed by atoms with van der Waals surface area (Å²) in [5.74, 6) is 0. The van der Waals surface area contributed by atoms with Crippen LogP contribution in [0.4, 0.5) is 0 Å². The predicted molar refractivity (Wildman–Crippen MR) is 546 cm³/mol. The maximum Gasteiger partial charge on any atom is 0.432 e. The number of benzene rings is 6. The molecule has 0 fully saturated rings. The van der Waals surface area contributed by atoms with E-state index >= 15 is 0 Å². The molecule has 0 amide bonds. The van der Waals surface area contributed by atoms with Crippen molar-refractivity contribution < 1.29 is 35.4 Å². The molecule has 12 aliphatic rings. The van der Waals surface area contributed by atoms with Gasteiger partial charge in [0.15, 0.2) is 0 Å². The Morgan fingerprint density at radius 1 is 0.211 bits per heavy atom. The quantitative estimate of drug-likeness (QED) is 0.0622. The van der Waals surface area contributed by atoms with Gasteiger partial charge in [0.2, 0.25) is 0 Å². The lowest BCUT2D eigenvalue weighted by molar-refractivity contribution is 0.272. The van der Waals surface area contributed by atoms with E-state index in [1.165, 1.54) is 32.6 Å². The molecule has 18 heteroatoms. The van der Waals surface area contributed by atoms with Crippen molar-refractivity contribution in [3.05, 3.63) is 392 Å². The van der Waals surface area contributed by atoms with Crippen molar-refractivity contribution in [2.75, 3.05) is 56.9 Å². The maximum atomic E-state index is 6.74. The smallest absolute Gasteiger partial charge is 0.396 e. The average Bonchev–Trinajstić information content (AvgIpc) is 1.56. The topological polar surface area (TPSA) is 73.8 Å². The van der Waals surface area contributed by atoms with Crippen LogP contribution in [0, 0.1) is 13.8 Å². The summed E-state index contributed by atoms with van der Waals surface area (Å²) >= 11 is 37.3. The minimum atomic E-state index is -3.23. The fourth-order valence-corrected chi connectivity index (χ4v) is 29.8. The van der Waals surface area contributed by atoms with Crippen molar-refractivity contribution in [1.29, 1.82) is 0 Å². The van der Waals surface area contributed by atoms with E-state index < -0.39 is 25.7 Å². The van der Waals surface area contributed by atoms with E-state index in [-0.39, 0.29) is 10.0 Å². The lowest BCUT2D eigenvalue weighted by Crippen LogP contribution is -2.64. The highest BCUT2D eigenvalue weighted by Gasteiger charge is 2.52. The molecule has 0 spiro atoms. The van der Waals surface area contributed by atoms with Gasteiger partial charge < -0.3 is 35.4 Å². The third-order valence-corrected chi connectivity index (χ3v) is 36.9. The molecule has 0 heterocycles. The normalized spacial score (nSPS) is 11.7. The van der Waals surface area contributed by atoms with Crippen molar-refractivity contribution in [3.8, 4) is 134 Å². The first-order valence-electron chi connectivity index (χ1n) is 42.2. The summed E-state index contributed by atoms with van der Waals surface area (Å²) in [6.45, 7) is 8.76. The average molecular weight is 1870 g/mol. The van der Waals surface area contributed by atoms with E-state index in [9.17, 15) is 0 Å². The summed E-state index contributed by atoms with van der Waals surface area (Å²) in [7, 11) is 4.62. The molecule has 0 aromatic heterocycles. The number of rotatable bonds is 22. The molecule has 2 radical (unpaired) electrons. The largest absolute Gasteiger partial charge is 0.432 e. The molecule has 642 valence electrons. The summed E-state index contributed by atoms with van der Waals surface area (Å²) in [6.07, 6.45) is 1.72. The lowest BCUT2D eigenvalue weighted by Gasteiger charge is -2.31. The second kappa shape index (κ2) is 41.3. The highest BCUT2D eigenvalue weighted by molar-refractivity contribution is 6.96. The van der Waals surface area contributed by atoms with Crippen molar-refractivity contribution in [2.45, 2.75) is 40.5 Å². The van der Waals surface area contributed by atoms with E-state index in [4.69, 9.17) is 96.2 Å². The number of aryl methyl sites for hydroxylation is 4. The van der Waals surface area contributed by atoms with Gasteiger partial charge in [0.25, 0.3) is 0 Å². The Bertz CT molecular complexity index is 6260. The molecule has 128 heavy (non-hydrogen) atoms. The highest BCUT2D eigenvalue weighted by atomic mass is 35.5. The van der Waals surface area contributed by atoms with Gasteiger partial charge in [-0.1, -0.05) is 350 Å². The summed E-state index contributed by atoms with van der Waals surface area (Å²) in [4.78, 5) is 0. The van der Waals surface area contributed by atoms with E-state index in [1.807, 2.05) is 87.0 Å². The second-order valence-electron chi connectivity index (χ2n) is 31.1. The SMILES string of the molecule is CCc1cc2c(-c3ccc(Cl)cc3)ccccc-2c1[Si](OC)(OC)c1c(CC)cc2c(-c3ccc(Cl)cc3)ccccc1-2.CO[Si](OC)(c1c(C)cc2c(-c3ccc(Cl)cc3)ccccc1-2)c1c(C)cc2c(-c3ccc(Cl)cc3)ccccc1-2.CO[Si](OC)(c1ccc2c(-c3ccc(Cl)cc3)ccccc1-2)c1ccc2c(-c3ccc(Cl)cc3)ccccc1-2.CO[Si]OC. The zero-order chi connectivity index (χ0) is 90.0. The molecule has 0 unspecified atom stereocenters. The van der Waals surface area contributed by atoms with Crippen LogP contribution >= 0.6 is 69.6 Å². The van der Waals surface area contributed by atoms with Gasteiger partial charge in [0, 0.05) is 118 Å². The summed E-state index contributed by atoms with van der Waals surface area (Å²) in [6, 6.07) is 117. The van der Waals surface area contributed by atoms with Crippen LogP contribution in [-0.4, -0.2) is 92.6 Å². The van der Waals surface area contributed by atoms with Crippen LogP contribution in [0.2, 0.25) is 30.1 Å². The molecule has 18 rings (SSSR count). The fraction of sp³-hybridized carbons (Fsp3) is 0.127. The number of halogens is 6. The molecule has 0 bridgehead atoms. The van der Waals surface area contributed by atoms with Gasteiger partial charge in [-0.25, -0.2) is 0 Å². The molecule has 0 atom stereocenters. The Labute approximate surface area is 788 Å². The van der Waals surface area contributed by atoms with Crippen LogP contribution < -0.4 is 31.1 Å². The van der Waals surface area contributed by atoms with E-state index in [0.717, 1.165) is 197 Å². The van der Waals surface area contributed by atoms with Gasteiger partial charge in [0.05, 0.1) is 0 Å². The molecule has 0 N–H and O–H groups in total. The Balaban J connectivity index is 0.000000144. The molecule has 6 aromatic rings. The Morgan fingerprint density at radius 2 is 0.414 bits per heavy atom. The third-order valence-electron chi connectivity index (χ3n) is 24.2. The van der Waals surface area contributed by atoms with E-state index in [0.29, 0.717) is 0 Å². The molecule has 0 saturated heterocycles. The first-order chi connectivity index (χ1) is 62.3. The van der Waals surface area contributed by atoms with Crippen LogP contribution in [0.5, 0.6) is 0 Å².